The molecule has 0 aliphatic rings. The molecular weight excluding hydrogens is 258 g/mol. The summed E-state index contributed by atoms with van der Waals surface area (Å²) in [7, 11) is 0. The largest absolute Gasteiger partial charge is 0.392 e. The number of aromatic nitrogens is 1. The quantitative estimate of drug-likeness (QED) is 0.907. The van der Waals surface area contributed by atoms with Gasteiger partial charge in [-0.2, -0.15) is 0 Å². The molecule has 0 amide bonds. The van der Waals surface area contributed by atoms with Crippen molar-refractivity contribution in [2.45, 2.75) is 32.3 Å². The SMILES string of the molecule is CCc1ccc(CC(O)Cc2ccc(Cl)cc2)nc1. The Hall–Kier alpha value is -1.38. The van der Waals surface area contributed by atoms with E-state index in [1.54, 1.807) is 0 Å². The van der Waals surface area contributed by atoms with Gasteiger partial charge in [-0.15, -0.1) is 0 Å². The Morgan fingerprint density at radius 3 is 2.32 bits per heavy atom. The first-order valence-electron chi connectivity index (χ1n) is 6.53. The molecule has 1 unspecified atom stereocenters. The maximum absolute atomic E-state index is 10.1. The third-order valence-corrected chi connectivity index (χ3v) is 3.38. The molecular formula is C16H18ClNO. The van der Waals surface area contributed by atoms with Crippen LogP contribution in [0.5, 0.6) is 0 Å². The van der Waals surface area contributed by atoms with E-state index in [0.717, 1.165) is 22.7 Å². The monoisotopic (exact) mass is 275 g/mol. The molecule has 0 fully saturated rings. The van der Waals surface area contributed by atoms with Gasteiger partial charge in [0.1, 0.15) is 0 Å². The molecule has 0 bridgehead atoms. The predicted octanol–water partition coefficient (Wildman–Crippen LogP) is 3.44. The fourth-order valence-corrected chi connectivity index (χ4v) is 2.12. The van der Waals surface area contributed by atoms with Crippen LogP contribution in [0.25, 0.3) is 0 Å². The molecule has 2 aromatic rings. The zero-order valence-corrected chi connectivity index (χ0v) is 11.8. The van der Waals surface area contributed by atoms with Crippen molar-refractivity contribution in [3.05, 3.63) is 64.4 Å². The van der Waals surface area contributed by atoms with E-state index in [9.17, 15) is 5.11 Å². The van der Waals surface area contributed by atoms with Crippen LogP contribution >= 0.6 is 11.6 Å². The second-order valence-electron chi connectivity index (χ2n) is 4.70. The maximum Gasteiger partial charge on any atom is 0.0635 e. The van der Waals surface area contributed by atoms with Gasteiger partial charge in [0.25, 0.3) is 0 Å². The summed E-state index contributed by atoms with van der Waals surface area (Å²) in [6.07, 6.45) is 3.65. The molecule has 1 heterocycles. The van der Waals surface area contributed by atoms with E-state index in [2.05, 4.69) is 18.0 Å². The highest BCUT2D eigenvalue weighted by Crippen LogP contribution is 2.13. The molecule has 0 aliphatic heterocycles. The number of hydrogen-bond acceptors (Lipinski definition) is 2. The van der Waals surface area contributed by atoms with Gasteiger partial charge in [0.2, 0.25) is 0 Å². The fraction of sp³-hybridized carbons (Fsp3) is 0.312. The second-order valence-corrected chi connectivity index (χ2v) is 5.14. The van der Waals surface area contributed by atoms with Crippen molar-refractivity contribution < 1.29 is 5.11 Å². The molecule has 2 nitrogen and oxygen atoms in total. The lowest BCUT2D eigenvalue weighted by Crippen LogP contribution is -2.14. The molecule has 100 valence electrons. The Labute approximate surface area is 119 Å². The standard InChI is InChI=1S/C16H18ClNO/c1-2-12-5-8-15(18-11-12)10-16(19)9-13-3-6-14(17)7-4-13/h3-8,11,16,19H,2,9-10H2,1H3. The zero-order chi connectivity index (χ0) is 13.7. The highest BCUT2D eigenvalue weighted by atomic mass is 35.5. The van der Waals surface area contributed by atoms with Crippen LogP contribution in [0.2, 0.25) is 5.02 Å². The summed E-state index contributed by atoms with van der Waals surface area (Å²) in [5, 5.41) is 10.8. The van der Waals surface area contributed by atoms with Crippen LogP contribution in [-0.2, 0) is 19.3 Å². The molecule has 0 spiro atoms. The number of nitrogens with zero attached hydrogens (tertiary/aromatic N) is 1. The van der Waals surface area contributed by atoms with Gasteiger partial charge < -0.3 is 5.11 Å². The summed E-state index contributed by atoms with van der Waals surface area (Å²) in [4.78, 5) is 4.36. The van der Waals surface area contributed by atoms with Crippen LogP contribution in [0.4, 0.5) is 0 Å². The number of hydrogen-bond donors (Lipinski definition) is 1. The van der Waals surface area contributed by atoms with Crippen molar-refractivity contribution in [1.82, 2.24) is 4.98 Å². The van der Waals surface area contributed by atoms with Crippen molar-refractivity contribution in [1.29, 1.82) is 0 Å². The Kier molecular flexibility index (Phi) is 4.94. The van der Waals surface area contributed by atoms with E-state index >= 15 is 0 Å². The number of halogens is 1. The Bertz CT molecular complexity index is 507. The Morgan fingerprint density at radius 1 is 1.05 bits per heavy atom. The Balaban J connectivity index is 1.92. The minimum Gasteiger partial charge on any atom is -0.392 e. The average molecular weight is 276 g/mol. The van der Waals surface area contributed by atoms with E-state index in [4.69, 9.17) is 11.6 Å². The van der Waals surface area contributed by atoms with Crippen LogP contribution in [0.3, 0.4) is 0 Å². The Morgan fingerprint density at radius 2 is 1.74 bits per heavy atom. The lowest BCUT2D eigenvalue weighted by molar-refractivity contribution is 0.174. The second kappa shape index (κ2) is 6.69. The summed E-state index contributed by atoms with van der Waals surface area (Å²) in [5.41, 5.74) is 3.23. The number of aliphatic hydroxyl groups is 1. The van der Waals surface area contributed by atoms with Crippen LogP contribution in [0.15, 0.2) is 42.6 Å². The first kappa shape index (κ1) is 14.0. The van der Waals surface area contributed by atoms with Crippen molar-refractivity contribution in [2.75, 3.05) is 0 Å². The number of rotatable bonds is 5. The van der Waals surface area contributed by atoms with E-state index < -0.39 is 6.10 Å². The molecule has 1 aromatic heterocycles. The first-order valence-corrected chi connectivity index (χ1v) is 6.91. The van der Waals surface area contributed by atoms with Gasteiger partial charge in [-0.1, -0.05) is 36.7 Å². The first-order chi connectivity index (χ1) is 9.17. The van der Waals surface area contributed by atoms with Gasteiger partial charge in [-0.05, 0) is 42.2 Å². The van der Waals surface area contributed by atoms with Crippen molar-refractivity contribution in [3.63, 3.8) is 0 Å². The van der Waals surface area contributed by atoms with Crippen LogP contribution in [-0.4, -0.2) is 16.2 Å². The third-order valence-electron chi connectivity index (χ3n) is 3.12. The minimum atomic E-state index is -0.416. The fourth-order valence-electron chi connectivity index (χ4n) is 1.99. The molecule has 0 radical (unpaired) electrons. The van der Waals surface area contributed by atoms with E-state index in [1.807, 2.05) is 36.5 Å². The lowest BCUT2D eigenvalue weighted by Gasteiger charge is -2.10. The van der Waals surface area contributed by atoms with Crippen LogP contribution in [0.1, 0.15) is 23.7 Å². The maximum atomic E-state index is 10.1. The highest BCUT2D eigenvalue weighted by Gasteiger charge is 2.08. The van der Waals surface area contributed by atoms with Gasteiger partial charge in [-0.25, -0.2) is 0 Å². The van der Waals surface area contributed by atoms with E-state index in [0.29, 0.717) is 12.8 Å². The van der Waals surface area contributed by atoms with Gasteiger partial charge in [0, 0.05) is 23.3 Å². The van der Waals surface area contributed by atoms with Gasteiger partial charge >= 0.3 is 0 Å². The van der Waals surface area contributed by atoms with Gasteiger partial charge in [0.05, 0.1) is 6.10 Å². The highest BCUT2D eigenvalue weighted by molar-refractivity contribution is 6.30. The zero-order valence-electron chi connectivity index (χ0n) is 11.0. The summed E-state index contributed by atoms with van der Waals surface area (Å²) in [6, 6.07) is 11.6. The third kappa shape index (κ3) is 4.34. The van der Waals surface area contributed by atoms with Crippen LogP contribution in [0, 0.1) is 0 Å². The molecule has 2 rings (SSSR count). The molecule has 0 saturated carbocycles. The summed E-state index contributed by atoms with van der Waals surface area (Å²) < 4.78 is 0. The molecule has 0 saturated heterocycles. The van der Waals surface area contributed by atoms with Crippen molar-refractivity contribution in [3.8, 4) is 0 Å². The summed E-state index contributed by atoms with van der Waals surface area (Å²) >= 11 is 5.83. The number of aliphatic hydroxyl groups excluding tert-OH is 1. The van der Waals surface area contributed by atoms with Crippen LogP contribution < -0.4 is 0 Å². The lowest BCUT2D eigenvalue weighted by atomic mass is 10.0. The number of benzene rings is 1. The summed E-state index contributed by atoms with van der Waals surface area (Å²) in [5.74, 6) is 0. The average Bonchev–Trinajstić information content (AvgIpc) is 2.42. The molecule has 1 atom stereocenters. The van der Waals surface area contributed by atoms with Gasteiger partial charge in [0.15, 0.2) is 0 Å². The van der Waals surface area contributed by atoms with E-state index in [-0.39, 0.29) is 0 Å². The minimum absolute atomic E-state index is 0.416. The summed E-state index contributed by atoms with van der Waals surface area (Å²) in [6.45, 7) is 2.10. The van der Waals surface area contributed by atoms with Crippen molar-refractivity contribution in [2.24, 2.45) is 0 Å². The normalized spacial score (nSPS) is 12.4. The van der Waals surface area contributed by atoms with E-state index in [1.165, 1.54) is 5.56 Å². The smallest absolute Gasteiger partial charge is 0.0635 e. The number of aryl methyl sites for hydroxylation is 1. The number of pyridine rings is 1. The van der Waals surface area contributed by atoms with Crippen molar-refractivity contribution >= 4 is 11.6 Å². The molecule has 1 N–H and O–H groups in total. The van der Waals surface area contributed by atoms with Gasteiger partial charge in [-0.3, -0.25) is 4.98 Å². The topological polar surface area (TPSA) is 33.1 Å². The molecule has 3 heteroatoms. The molecule has 0 aliphatic carbocycles. The predicted molar refractivity (Wildman–Crippen MR) is 78.5 cm³/mol. The molecule has 19 heavy (non-hydrogen) atoms. The molecule has 1 aromatic carbocycles.